The number of amidine groups is 1. The van der Waals surface area contributed by atoms with Crippen LogP contribution in [0, 0.1) is 6.92 Å². The molecule has 0 saturated carbocycles. The second kappa shape index (κ2) is 11.7. The molecule has 9 heteroatoms. The minimum Gasteiger partial charge on any atom is -0.383 e. The highest BCUT2D eigenvalue weighted by Gasteiger charge is 2.37. The third-order valence-corrected chi connectivity index (χ3v) is 8.80. The van der Waals surface area contributed by atoms with Gasteiger partial charge in [-0.15, -0.1) is 0 Å². The summed E-state index contributed by atoms with van der Waals surface area (Å²) in [5, 5.41) is 3.70. The maximum Gasteiger partial charge on any atom is 0.261 e. The second-order valence-electron chi connectivity index (χ2n) is 12.3. The van der Waals surface area contributed by atoms with Crippen molar-refractivity contribution in [2.75, 3.05) is 31.6 Å². The third kappa shape index (κ3) is 6.25. The first-order valence-electron chi connectivity index (χ1n) is 14.5. The van der Waals surface area contributed by atoms with Crippen molar-refractivity contribution in [3.63, 3.8) is 0 Å². The van der Waals surface area contributed by atoms with Gasteiger partial charge in [-0.1, -0.05) is 6.92 Å². The lowest BCUT2D eigenvalue weighted by Crippen LogP contribution is -2.54. The molecule has 2 aliphatic rings. The molecule has 3 heterocycles. The molecule has 1 aromatic carbocycles. The number of nitrogens with two attached hydrogens (primary N) is 1. The van der Waals surface area contributed by atoms with Crippen molar-refractivity contribution in [1.29, 1.82) is 0 Å². The number of nitrogens with zero attached hydrogens (tertiary/aromatic N) is 3. The van der Waals surface area contributed by atoms with Crippen LogP contribution in [0.1, 0.15) is 82.3 Å². The molecule has 0 spiro atoms. The Hall–Kier alpha value is -3.17. The van der Waals surface area contributed by atoms with E-state index in [1.54, 1.807) is 18.3 Å². The van der Waals surface area contributed by atoms with Gasteiger partial charge in [-0.3, -0.25) is 14.5 Å². The lowest BCUT2D eigenvalue weighted by atomic mass is 9.83. The van der Waals surface area contributed by atoms with Crippen LogP contribution >= 0.6 is 0 Å². The Labute approximate surface area is 238 Å². The van der Waals surface area contributed by atoms with Crippen LogP contribution in [-0.2, 0) is 4.74 Å². The average molecular weight is 551 g/mol. The van der Waals surface area contributed by atoms with Gasteiger partial charge < -0.3 is 25.7 Å². The largest absolute Gasteiger partial charge is 0.383 e. The minimum atomic E-state index is -0.288. The normalized spacial score (nSPS) is 22.3. The van der Waals surface area contributed by atoms with E-state index >= 15 is 0 Å². The quantitative estimate of drug-likeness (QED) is 0.362. The van der Waals surface area contributed by atoms with Crippen molar-refractivity contribution in [2.24, 2.45) is 10.7 Å². The molecule has 2 fully saturated rings. The molecule has 2 unspecified atom stereocenters. The van der Waals surface area contributed by atoms with Crippen LogP contribution in [0.15, 0.2) is 40.2 Å². The fourth-order valence-electron chi connectivity index (χ4n) is 5.82. The first kappa shape index (κ1) is 29.8. The Morgan fingerprint density at radius 1 is 1.20 bits per heavy atom. The zero-order chi connectivity index (χ0) is 29.2. The van der Waals surface area contributed by atoms with Gasteiger partial charge in [-0.2, -0.15) is 0 Å². The van der Waals surface area contributed by atoms with Crippen LogP contribution in [0.3, 0.4) is 0 Å². The zero-order valence-electron chi connectivity index (χ0n) is 25.1. The Kier molecular flexibility index (Phi) is 8.75. The Morgan fingerprint density at radius 3 is 2.52 bits per heavy atom. The van der Waals surface area contributed by atoms with Crippen LogP contribution in [0.25, 0.3) is 0 Å². The number of aromatic nitrogens is 1. The lowest BCUT2D eigenvalue weighted by Gasteiger charge is -2.47. The first-order chi connectivity index (χ1) is 18.8. The van der Waals surface area contributed by atoms with Gasteiger partial charge in [0.25, 0.3) is 11.5 Å². The molecule has 4 N–H and O–H groups in total. The van der Waals surface area contributed by atoms with Crippen LogP contribution in [0.2, 0.25) is 0 Å². The summed E-state index contributed by atoms with van der Waals surface area (Å²) >= 11 is 0. The third-order valence-electron chi connectivity index (χ3n) is 8.80. The van der Waals surface area contributed by atoms with E-state index in [9.17, 15) is 9.59 Å². The van der Waals surface area contributed by atoms with Crippen LogP contribution in [0.4, 0.5) is 11.4 Å². The van der Waals surface area contributed by atoms with Gasteiger partial charge >= 0.3 is 0 Å². The molecule has 1 aromatic heterocycles. The van der Waals surface area contributed by atoms with Crippen LogP contribution in [0.5, 0.6) is 0 Å². The number of likely N-dealkylation sites (tertiary alicyclic amines) is 1. The van der Waals surface area contributed by atoms with E-state index in [2.05, 4.69) is 47.9 Å². The number of carbonyl (C=O) groups is 1. The van der Waals surface area contributed by atoms with Crippen LogP contribution < -0.4 is 16.6 Å². The highest BCUT2D eigenvalue weighted by atomic mass is 16.5. The monoisotopic (exact) mass is 550 g/mol. The molecule has 9 nitrogen and oxygen atoms in total. The number of amides is 1. The molecule has 218 valence electrons. The number of nitrogens with one attached hydrogen (secondary N) is 2. The molecular weight excluding hydrogens is 504 g/mol. The van der Waals surface area contributed by atoms with Crippen LogP contribution in [-0.4, -0.2) is 76.0 Å². The molecule has 1 amide bonds. The van der Waals surface area contributed by atoms with Crippen molar-refractivity contribution < 1.29 is 9.53 Å². The summed E-state index contributed by atoms with van der Waals surface area (Å²) in [5.41, 5.74) is 9.25. The average Bonchev–Trinajstić information content (AvgIpc) is 2.90. The number of pyridine rings is 1. The summed E-state index contributed by atoms with van der Waals surface area (Å²) in [7, 11) is 0. The number of aliphatic imine (C=N–C) groups is 1. The molecule has 2 aromatic rings. The Morgan fingerprint density at radius 2 is 1.90 bits per heavy atom. The van der Waals surface area contributed by atoms with Gasteiger partial charge in [-0.05, 0) is 90.6 Å². The van der Waals surface area contributed by atoms with Gasteiger partial charge in [0, 0.05) is 42.5 Å². The first-order valence-corrected chi connectivity index (χ1v) is 14.5. The summed E-state index contributed by atoms with van der Waals surface area (Å²) in [6.45, 7) is 17.9. The summed E-state index contributed by atoms with van der Waals surface area (Å²) in [6.07, 6.45) is 4.51. The Bertz CT molecular complexity index is 1300. The fraction of sp³-hybridized carbons (Fsp3) is 0.581. The van der Waals surface area contributed by atoms with E-state index < -0.39 is 0 Å². The van der Waals surface area contributed by atoms with Gasteiger partial charge in [-0.25, -0.2) is 4.99 Å². The predicted molar refractivity (Wildman–Crippen MR) is 162 cm³/mol. The second-order valence-corrected chi connectivity index (χ2v) is 12.3. The maximum atomic E-state index is 13.3. The smallest absolute Gasteiger partial charge is 0.261 e. The summed E-state index contributed by atoms with van der Waals surface area (Å²) in [6, 6.07) is 7.28. The van der Waals surface area contributed by atoms with Gasteiger partial charge in [0.15, 0.2) is 0 Å². The predicted octanol–water partition coefficient (Wildman–Crippen LogP) is 4.42. The van der Waals surface area contributed by atoms with E-state index in [-0.39, 0.29) is 40.5 Å². The number of morpholine rings is 1. The number of ether oxygens (including phenoxy) is 1. The number of anilines is 1. The molecule has 2 saturated heterocycles. The topological polar surface area (TPSA) is 116 Å². The number of hydrogen-bond donors (Lipinski definition) is 3. The number of aromatic amines is 1. The summed E-state index contributed by atoms with van der Waals surface area (Å²) < 4.78 is 5.68. The number of piperidine rings is 1. The van der Waals surface area contributed by atoms with Gasteiger partial charge in [0.05, 0.1) is 30.1 Å². The molecule has 0 radical (unpaired) electrons. The van der Waals surface area contributed by atoms with Crippen molar-refractivity contribution in [2.45, 2.75) is 91.0 Å². The molecule has 0 bridgehead atoms. The molecule has 2 aliphatic heterocycles. The molecule has 0 aliphatic carbocycles. The van der Waals surface area contributed by atoms with Crippen molar-refractivity contribution in [3.8, 4) is 0 Å². The van der Waals surface area contributed by atoms with E-state index in [4.69, 9.17) is 10.5 Å². The fourth-order valence-corrected chi connectivity index (χ4v) is 5.82. The molecule has 4 rings (SSSR count). The van der Waals surface area contributed by atoms with E-state index in [0.717, 1.165) is 37.9 Å². The number of benzene rings is 1. The highest BCUT2D eigenvalue weighted by Crippen LogP contribution is 2.33. The maximum absolute atomic E-state index is 13.3. The van der Waals surface area contributed by atoms with E-state index in [1.165, 1.54) is 0 Å². The van der Waals surface area contributed by atoms with Crippen molar-refractivity contribution in [1.82, 2.24) is 14.8 Å². The number of H-pyrrole nitrogens is 1. The zero-order valence-corrected chi connectivity index (χ0v) is 25.1. The van der Waals surface area contributed by atoms with Gasteiger partial charge in [0.2, 0.25) is 0 Å². The lowest BCUT2D eigenvalue weighted by molar-refractivity contribution is -0.0440. The summed E-state index contributed by atoms with van der Waals surface area (Å²) in [4.78, 5) is 38.1. The van der Waals surface area contributed by atoms with Crippen molar-refractivity contribution >= 4 is 23.1 Å². The molecule has 40 heavy (non-hydrogen) atoms. The highest BCUT2D eigenvalue weighted by molar-refractivity contribution is 6.03. The molecular formula is C31H46N6O3. The Balaban J connectivity index is 1.57. The minimum absolute atomic E-state index is 0.00293. The van der Waals surface area contributed by atoms with E-state index in [0.29, 0.717) is 35.7 Å². The van der Waals surface area contributed by atoms with E-state index in [1.807, 2.05) is 37.8 Å². The molecule has 2 atom stereocenters. The van der Waals surface area contributed by atoms with Crippen molar-refractivity contribution in [3.05, 3.63) is 57.5 Å². The number of hydrogen-bond acceptors (Lipinski definition) is 6. The number of aryl methyl sites for hydroxylation is 1. The standard InChI is InChI=1S/C31H46N6O3/c1-8-31(12-15-36(16-13-31)30(5,6)7)35-25-11-14-33-28(38)26(25)27(32)34-23-9-10-24(20(2)19-23)29(39)37-17-18-40-22(4)21(37)3/h9-11,14,19,21-22H,8,12-13,15-18H2,1-7H3,(H2,32,34)(H2,33,35,38). The summed E-state index contributed by atoms with van der Waals surface area (Å²) in [5.74, 6) is 0.119. The number of carbonyl (C=O) groups excluding carboxylic acids is 1. The SMILES string of the molecule is CCC1(Nc2cc[nH]c(=O)c2C(N)=Nc2ccc(C(=O)N3CCOC(C)C3C)c(C)c2)CCN(C(C)(C)C)CC1. The van der Waals surface area contributed by atoms with Gasteiger partial charge in [0.1, 0.15) is 11.4 Å². The number of rotatable bonds is 6.